The van der Waals surface area contributed by atoms with Gasteiger partial charge in [-0.15, -0.1) is 0 Å². The van der Waals surface area contributed by atoms with Crippen molar-refractivity contribution >= 4 is 21.8 Å². The molecule has 0 atom stereocenters. The van der Waals surface area contributed by atoms with Crippen molar-refractivity contribution in [2.24, 2.45) is 0 Å². The fourth-order valence-electron chi connectivity index (χ4n) is 0.720. The maximum atomic E-state index is 5.68. The van der Waals surface area contributed by atoms with Gasteiger partial charge < -0.3 is 0 Å². The van der Waals surface area contributed by atoms with Gasteiger partial charge in [0.25, 0.3) is 0 Å². The molecule has 0 saturated heterocycles. The van der Waals surface area contributed by atoms with Crippen LogP contribution in [0.25, 0.3) is 0 Å². The quantitative estimate of drug-likeness (QED) is 0.537. The van der Waals surface area contributed by atoms with Gasteiger partial charge in [0, 0.05) is 15.3 Å². The van der Waals surface area contributed by atoms with Crippen LogP contribution < -0.4 is 0 Å². The Morgan fingerprint density at radius 2 is 1.78 bits per heavy atom. The lowest BCUT2D eigenvalue weighted by Crippen LogP contribution is -1.80. The van der Waals surface area contributed by atoms with E-state index < -0.39 is 0 Å². The van der Waals surface area contributed by atoms with Crippen molar-refractivity contribution < 1.29 is 0 Å². The average molecular weight is 157 g/mol. The van der Waals surface area contributed by atoms with Gasteiger partial charge in [0.15, 0.2) is 0 Å². The summed E-state index contributed by atoms with van der Waals surface area (Å²) in [5, 5.41) is 0.828. The monoisotopic (exact) mass is 156 g/mol. The molecule has 1 rings (SSSR count). The molecule has 0 spiro atoms. The first kappa shape index (κ1) is 6.84. The van der Waals surface area contributed by atoms with Crippen molar-refractivity contribution in [2.75, 3.05) is 0 Å². The third kappa shape index (κ3) is 1.84. The smallest absolute Gasteiger partial charge is 0.0406 e. The van der Waals surface area contributed by atoms with Crippen LogP contribution in [0, 0.1) is 0 Å². The molecule has 0 aliphatic heterocycles. The summed E-state index contributed by atoms with van der Waals surface area (Å²) >= 11 is 5.68. The lowest BCUT2D eigenvalue weighted by molar-refractivity contribution is 1.40. The van der Waals surface area contributed by atoms with Crippen molar-refractivity contribution in [3.05, 3.63) is 34.9 Å². The first-order valence-corrected chi connectivity index (χ1v) is 4.86. The minimum absolute atomic E-state index is 0.828. The molecule has 0 heterocycles. The normalized spacial score (nSPS) is 9.89. The zero-order valence-corrected chi connectivity index (χ0v) is 8.15. The topological polar surface area (TPSA) is 0 Å². The molecule has 0 aromatic heterocycles. The number of hydrogen-bond donors (Lipinski definition) is 0. The molecule has 1 aromatic carbocycles. The summed E-state index contributed by atoms with van der Waals surface area (Å²) in [5.74, 6) is 0. The highest BCUT2D eigenvalue weighted by Gasteiger charge is 1.86. The van der Waals surface area contributed by atoms with Crippen LogP contribution in [0.4, 0.5) is 0 Å². The third-order valence-corrected chi connectivity index (χ3v) is 2.39. The molecule has 9 heavy (non-hydrogen) atoms. The molecule has 0 nitrogen and oxygen atoms in total. The van der Waals surface area contributed by atoms with Gasteiger partial charge in [0.05, 0.1) is 0 Å². The highest BCUT2D eigenvalue weighted by Crippen LogP contribution is 2.08. The maximum absolute atomic E-state index is 5.68. The van der Waals surface area contributed by atoms with Crippen LogP contribution >= 0.6 is 11.6 Å². The van der Waals surface area contributed by atoms with Crippen molar-refractivity contribution in [2.45, 2.75) is 6.04 Å². The van der Waals surface area contributed by atoms with Crippen LogP contribution in [-0.2, 0) is 6.04 Å². The second-order valence-corrected chi connectivity index (χ2v) is 3.12. The second-order valence-electron chi connectivity index (χ2n) is 1.98. The molecule has 0 bridgehead atoms. The Hall–Kier alpha value is -0.273. The van der Waals surface area contributed by atoms with Gasteiger partial charge in [-0.25, -0.2) is 0 Å². The summed E-state index contributed by atoms with van der Waals surface area (Å²) in [4.78, 5) is 0. The minimum atomic E-state index is 0.828. The lowest BCUT2D eigenvalue weighted by Gasteiger charge is -1.93. The van der Waals surface area contributed by atoms with Crippen molar-refractivity contribution in [1.29, 1.82) is 0 Å². The van der Waals surface area contributed by atoms with E-state index in [9.17, 15) is 0 Å². The molecule has 0 unspecified atom stereocenters. The van der Waals surface area contributed by atoms with E-state index in [4.69, 9.17) is 11.6 Å². The Kier molecular flexibility index (Phi) is 2.31. The van der Waals surface area contributed by atoms with E-state index in [1.807, 2.05) is 12.1 Å². The van der Waals surface area contributed by atoms with E-state index in [1.54, 1.807) is 0 Å². The predicted molar refractivity (Wildman–Crippen MR) is 45.1 cm³/mol. The van der Waals surface area contributed by atoms with Gasteiger partial charge in [-0.1, -0.05) is 29.3 Å². The third-order valence-electron chi connectivity index (χ3n) is 1.32. The highest BCUT2D eigenvalue weighted by atomic mass is 35.5. The van der Waals surface area contributed by atoms with E-state index in [2.05, 4.69) is 12.1 Å². The first-order chi connectivity index (χ1) is 4.33. The molecular formula is C7H9ClSi. The SMILES string of the molecule is [SiH3]Cc1ccc(Cl)cc1. The largest absolute Gasteiger partial charge is 0.0843 e. The van der Waals surface area contributed by atoms with Crippen molar-refractivity contribution in [3.63, 3.8) is 0 Å². The number of benzene rings is 1. The molecule has 0 fully saturated rings. The molecule has 2 heteroatoms. The molecule has 1 aromatic rings. The molecule has 0 saturated carbocycles. The van der Waals surface area contributed by atoms with Gasteiger partial charge in [0.1, 0.15) is 0 Å². The predicted octanol–water partition coefficient (Wildman–Crippen LogP) is 1.21. The van der Waals surface area contributed by atoms with E-state index in [0.717, 1.165) is 5.02 Å². The first-order valence-electron chi connectivity index (χ1n) is 3.07. The average Bonchev–Trinajstić information content (AvgIpc) is 1.90. The van der Waals surface area contributed by atoms with E-state index in [0.29, 0.717) is 0 Å². The second kappa shape index (κ2) is 3.04. The number of rotatable bonds is 1. The van der Waals surface area contributed by atoms with Crippen LogP contribution in [0.2, 0.25) is 5.02 Å². The molecule has 0 aliphatic carbocycles. The zero-order valence-electron chi connectivity index (χ0n) is 5.39. The fourth-order valence-corrected chi connectivity index (χ4v) is 1.32. The molecular weight excluding hydrogens is 148 g/mol. The van der Waals surface area contributed by atoms with Crippen molar-refractivity contribution in [1.82, 2.24) is 0 Å². The molecule has 0 radical (unpaired) electrons. The number of halogens is 1. The Balaban J connectivity index is 2.88. The summed E-state index contributed by atoms with van der Waals surface area (Å²) in [6.07, 6.45) is 0. The van der Waals surface area contributed by atoms with Gasteiger partial charge in [-0.2, -0.15) is 0 Å². The lowest BCUT2D eigenvalue weighted by atomic mass is 10.2. The van der Waals surface area contributed by atoms with Gasteiger partial charge in [-0.05, 0) is 18.2 Å². The molecule has 0 amide bonds. The number of hydrogen-bond acceptors (Lipinski definition) is 0. The van der Waals surface area contributed by atoms with Crippen LogP contribution in [0.15, 0.2) is 24.3 Å². The summed E-state index contributed by atoms with van der Waals surface area (Å²) in [7, 11) is 1.23. The fraction of sp³-hybridized carbons (Fsp3) is 0.143. The molecule has 48 valence electrons. The van der Waals surface area contributed by atoms with Gasteiger partial charge in [-0.3, -0.25) is 0 Å². The maximum Gasteiger partial charge on any atom is 0.0406 e. The van der Waals surface area contributed by atoms with Crippen LogP contribution in [0.3, 0.4) is 0 Å². The van der Waals surface area contributed by atoms with Crippen LogP contribution in [-0.4, -0.2) is 10.2 Å². The molecule has 0 N–H and O–H groups in total. The van der Waals surface area contributed by atoms with E-state index in [1.165, 1.54) is 21.9 Å². The van der Waals surface area contributed by atoms with Gasteiger partial charge in [0.2, 0.25) is 0 Å². The standard InChI is InChI=1S/C7H9ClSi/c8-7-3-1-6(5-9)2-4-7/h1-4H,5H2,9H3. The highest BCUT2D eigenvalue weighted by molar-refractivity contribution is 6.30. The van der Waals surface area contributed by atoms with E-state index in [-0.39, 0.29) is 0 Å². The van der Waals surface area contributed by atoms with Crippen LogP contribution in [0.1, 0.15) is 5.56 Å². The minimum Gasteiger partial charge on any atom is -0.0843 e. The summed E-state index contributed by atoms with van der Waals surface area (Å²) in [5.41, 5.74) is 1.39. The Labute approximate surface area is 63.3 Å². The summed E-state index contributed by atoms with van der Waals surface area (Å²) < 4.78 is 0. The molecule has 0 aliphatic rings. The summed E-state index contributed by atoms with van der Waals surface area (Å²) in [6, 6.07) is 9.26. The Morgan fingerprint density at radius 3 is 2.22 bits per heavy atom. The van der Waals surface area contributed by atoms with Gasteiger partial charge >= 0.3 is 0 Å². The zero-order chi connectivity index (χ0) is 6.69. The Morgan fingerprint density at radius 1 is 1.22 bits per heavy atom. The van der Waals surface area contributed by atoms with E-state index >= 15 is 0 Å². The van der Waals surface area contributed by atoms with Crippen LogP contribution in [0.5, 0.6) is 0 Å². The summed E-state index contributed by atoms with van der Waals surface area (Å²) in [6.45, 7) is 0. The Bertz CT molecular complexity index is 181. The van der Waals surface area contributed by atoms with Crippen molar-refractivity contribution in [3.8, 4) is 0 Å².